The van der Waals surface area contributed by atoms with Gasteiger partial charge in [0.15, 0.2) is 0 Å². The summed E-state index contributed by atoms with van der Waals surface area (Å²) in [4.78, 5) is 0. The first-order valence-corrected chi connectivity index (χ1v) is 6.97. The van der Waals surface area contributed by atoms with Crippen LogP contribution in [0.25, 0.3) is 0 Å². The average Bonchev–Trinajstić information content (AvgIpc) is 2.48. The predicted molar refractivity (Wildman–Crippen MR) is 77.6 cm³/mol. The Morgan fingerprint density at radius 2 is 2.05 bits per heavy atom. The number of hydrogen-bond donors (Lipinski definition) is 1. The van der Waals surface area contributed by atoms with E-state index in [1.54, 1.807) is 6.07 Å². The van der Waals surface area contributed by atoms with Gasteiger partial charge in [0, 0.05) is 17.0 Å². The smallest absolute Gasteiger partial charge is 0.123 e. The van der Waals surface area contributed by atoms with Gasteiger partial charge in [0.05, 0.1) is 6.61 Å². The Balaban J connectivity index is 1.99. The molecule has 4 heteroatoms. The summed E-state index contributed by atoms with van der Waals surface area (Å²) in [5.41, 5.74) is 8.06. The zero-order valence-electron chi connectivity index (χ0n) is 10.9. The average molecular weight is 292 g/mol. The molecule has 2 atom stereocenters. The molecule has 0 radical (unpaired) electrons. The number of hydrogen-bond acceptors (Lipinski definition) is 2. The summed E-state index contributed by atoms with van der Waals surface area (Å²) in [7, 11) is 0. The first-order valence-electron chi connectivity index (χ1n) is 6.59. The minimum absolute atomic E-state index is 0.0826. The Kier molecular flexibility index (Phi) is 3.64. The zero-order valence-corrected chi connectivity index (χ0v) is 11.6. The minimum atomic E-state index is -0.344. The summed E-state index contributed by atoms with van der Waals surface area (Å²) in [5, 5.41) is 0.503. The van der Waals surface area contributed by atoms with E-state index in [0.29, 0.717) is 17.2 Å². The van der Waals surface area contributed by atoms with Gasteiger partial charge in [-0.3, -0.25) is 0 Å². The molecule has 0 saturated heterocycles. The van der Waals surface area contributed by atoms with Crippen molar-refractivity contribution in [3.8, 4) is 5.75 Å². The highest BCUT2D eigenvalue weighted by Gasteiger charge is 2.28. The Morgan fingerprint density at radius 3 is 2.90 bits per heavy atom. The second-order valence-electron chi connectivity index (χ2n) is 4.97. The first kappa shape index (κ1) is 13.4. The lowest BCUT2D eigenvalue weighted by Gasteiger charge is -2.30. The molecule has 0 fully saturated rings. The molecule has 2 N–H and O–H groups in total. The highest BCUT2D eigenvalue weighted by Crippen LogP contribution is 2.41. The molecule has 0 spiro atoms. The van der Waals surface area contributed by atoms with Gasteiger partial charge in [0.1, 0.15) is 11.6 Å². The maximum Gasteiger partial charge on any atom is 0.123 e. The molecule has 2 nitrogen and oxygen atoms in total. The van der Waals surface area contributed by atoms with E-state index in [1.807, 2.05) is 24.3 Å². The van der Waals surface area contributed by atoms with Crippen LogP contribution >= 0.6 is 11.6 Å². The molecule has 0 amide bonds. The van der Waals surface area contributed by atoms with Crippen LogP contribution in [0.15, 0.2) is 42.5 Å². The second kappa shape index (κ2) is 5.43. The van der Waals surface area contributed by atoms with Crippen LogP contribution in [0.2, 0.25) is 5.02 Å². The van der Waals surface area contributed by atoms with Crippen molar-refractivity contribution in [2.24, 2.45) is 5.73 Å². The lowest BCUT2D eigenvalue weighted by Crippen LogP contribution is -2.25. The van der Waals surface area contributed by atoms with E-state index in [4.69, 9.17) is 22.1 Å². The van der Waals surface area contributed by atoms with Gasteiger partial charge in [0.2, 0.25) is 0 Å². The second-order valence-corrected chi connectivity index (χ2v) is 5.38. The Hall–Kier alpha value is -1.58. The molecule has 0 bridgehead atoms. The van der Waals surface area contributed by atoms with Gasteiger partial charge < -0.3 is 10.5 Å². The van der Waals surface area contributed by atoms with Gasteiger partial charge in [-0.15, -0.1) is 0 Å². The molecule has 0 aromatic heterocycles. The van der Waals surface area contributed by atoms with Crippen molar-refractivity contribution in [2.75, 3.05) is 6.61 Å². The SMILES string of the molecule is NC(c1cc(F)ccc1Cl)C1CCOc2ccccc21. The van der Waals surface area contributed by atoms with Crippen molar-refractivity contribution in [1.29, 1.82) is 0 Å². The van der Waals surface area contributed by atoms with Gasteiger partial charge in [-0.1, -0.05) is 29.8 Å². The largest absolute Gasteiger partial charge is 0.493 e. The van der Waals surface area contributed by atoms with Crippen molar-refractivity contribution in [1.82, 2.24) is 0 Å². The number of benzene rings is 2. The summed E-state index contributed by atoms with van der Waals surface area (Å²) in [6.07, 6.45) is 0.797. The molecular weight excluding hydrogens is 277 g/mol. The number of halogens is 2. The molecule has 2 aromatic rings. The third-order valence-electron chi connectivity index (χ3n) is 3.76. The van der Waals surface area contributed by atoms with E-state index < -0.39 is 0 Å². The highest BCUT2D eigenvalue weighted by atomic mass is 35.5. The molecule has 20 heavy (non-hydrogen) atoms. The number of ether oxygens (including phenoxy) is 1. The third kappa shape index (κ3) is 2.39. The van der Waals surface area contributed by atoms with E-state index in [1.165, 1.54) is 12.1 Å². The maximum atomic E-state index is 13.4. The molecule has 2 aromatic carbocycles. The number of para-hydroxylation sites is 1. The quantitative estimate of drug-likeness (QED) is 0.906. The number of rotatable bonds is 2. The van der Waals surface area contributed by atoms with E-state index in [-0.39, 0.29) is 17.8 Å². The van der Waals surface area contributed by atoms with Gasteiger partial charge in [-0.05, 0) is 41.8 Å². The molecule has 1 aliphatic heterocycles. The van der Waals surface area contributed by atoms with Crippen LogP contribution in [0.3, 0.4) is 0 Å². The summed E-state index contributed by atoms with van der Waals surface area (Å²) in [6, 6.07) is 11.8. The summed E-state index contributed by atoms with van der Waals surface area (Å²) >= 11 is 6.16. The normalized spacial score (nSPS) is 19.1. The van der Waals surface area contributed by atoms with Crippen molar-refractivity contribution >= 4 is 11.6 Å². The molecule has 3 rings (SSSR count). The topological polar surface area (TPSA) is 35.2 Å². The molecule has 0 aliphatic carbocycles. The summed E-state index contributed by atoms with van der Waals surface area (Å²) < 4.78 is 19.1. The van der Waals surface area contributed by atoms with E-state index >= 15 is 0 Å². The van der Waals surface area contributed by atoms with Crippen molar-refractivity contribution < 1.29 is 9.13 Å². The van der Waals surface area contributed by atoms with Crippen molar-refractivity contribution in [2.45, 2.75) is 18.4 Å². The molecule has 104 valence electrons. The highest BCUT2D eigenvalue weighted by molar-refractivity contribution is 6.31. The monoisotopic (exact) mass is 291 g/mol. The van der Waals surface area contributed by atoms with Gasteiger partial charge in [0.25, 0.3) is 0 Å². The number of nitrogens with two attached hydrogens (primary N) is 1. The first-order chi connectivity index (χ1) is 9.66. The zero-order chi connectivity index (χ0) is 14.1. The fourth-order valence-corrected chi connectivity index (χ4v) is 2.97. The Bertz CT molecular complexity index is 632. The maximum absolute atomic E-state index is 13.4. The molecule has 1 heterocycles. The fraction of sp³-hybridized carbons (Fsp3) is 0.250. The van der Waals surface area contributed by atoms with Crippen LogP contribution in [-0.4, -0.2) is 6.61 Å². The van der Waals surface area contributed by atoms with E-state index in [2.05, 4.69) is 0 Å². The Morgan fingerprint density at radius 1 is 1.25 bits per heavy atom. The van der Waals surface area contributed by atoms with E-state index in [9.17, 15) is 4.39 Å². The van der Waals surface area contributed by atoms with E-state index in [0.717, 1.165) is 17.7 Å². The van der Waals surface area contributed by atoms with Crippen LogP contribution < -0.4 is 10.5 Å². The molecule has 1 aliphatic rings. The van der Waals surface area contributed by atoms with Gasteiger partial charge in [-0.25, -0.2) is 4.39 Å². The summed E-state index contributed by atoms with van der Waals surface area (Å²) in [5.74, 6) is 0.617. The minimum Gasteiger partial charge on any atom is -0.493 e. The van der Waals surface area contributed by atoms with Crippen LogP contribution in [0.1, 0.15) is 29.5 Å². The van der Waals surface area contributed by atoms with Crippen molar-refractivity contribution in [3.05, 3.63) is 64.4 Å². The van der Waals surface area contributed by atoms with Crippen LogP contribution in [-0.2, 0) is 0 Å². The third-order valence-corrected chi connectivity index (χ3v) is 4.10. The lowest BCUT2D eigenvalue weighted by atomic mass is 9.83. The standard InChI is InChI=1S/C16H15ClFNO/c17-14-6-5-10(18)9-13(14)16(19)12-7-8-20-15-4-2-1-3-11(12)15/h1-6,9,12,16H,7-8,19H2. The lowest BCUT2D eigenvalue weighted by molar-refractivity contribution is 0.255. The van der Waals surface area contributed by atoms with Crippen molar-refractivity contribution in [3.63, 3.8) is 0 Å². The Labute approximate surface area is 122 Å². The van der Waals surface area contributed by atoms with Gasteiger partial charge in [-0.2, -0.15) is 0 Å². The number of fused-ring (bicyclic) bond motifs is 1. The van der Waals surface area contributed by atoms with Crippen LogP contribution in [0.4, 0.5) is 4.39 Å². The molecular formula is C16H15ClFNO. The molecule has 0 saturated carbocycles. The van der Waals surface area contributed by atoms with Crippen LogP contribution in [0, 0.1) is 5.82 Å². The van der Waals surface area contributed by atoms with Crippen LogP contribution in [0.5, 0.6) is 5.75 Å². The summed E-state index contributed by atoms with van der Waals surface area (Å²) in [6.45, 7) is 0.613. The predicted octanol–water partition coefficient (Wildman–Crippen LogP) is 4.05. The van der Waals surface area contributed by atoms with Gasteiger partial charge >= 0.3 is 0 Å². The molecule has 2 unspecified atom stereocenters. The fourth-order valence-electron chi connectivity index (χ4n) is 2.73.